The molecule has 0 aliphatic carbocycles. The minimum absolute atomic E-state index is 0.0310. The van der Waals surface area contributed by atoms with Crippen LogP contribution in [0.25, 0.3) is 5.82 Å². The van der Waals surface area contributed by atoms with Crippen LogP contribution in [0, 0.1) is 5.82 Å². The summed E-state index contributed by atoms with van der Waals surface area (Å²) in [7, 11) is 0. The average molecular weight is 573 g/mol. The second-order valence-corrected chi connectivity index (χ2v) is 8.59. The van der Waals surface area contributed by atoms with Gasteiger partial charge >= 0.3 is 0 Å². The van der Waals surface area contributed by atoms with Crippen molar-refractivity contribution in [3.63, 3.8) is 0 Å². The molecule has 42 heavy (non-hydrogen) atoms. The molecular formula is C28H25FN8O5. The van der Waals surface area contributed by atoms with Gasteiger partial charge in [0.25, 0.3) is 5.91 Å². The van der Waals surface area contributed by atoms with Gasteiger partial charge in [-0.25, -0.2) is 14.4 Å². The Labute approximate surface area is 238 Å². The van der Waals surface area contributed by atoms with Gasteiger partial charge in [-0.1, -0.05) is 41.6 Å². The highest BCUT2D eigenvalue weighted by Gasteiger charge is 2.24. The van der Waals surface area contributed by atoms with Crippen molar-refractivity contribution in [3.8, 4) is 23.1 Å². The van der Waals surface area contributed by atoms with Crippen molar-refractivity contribution in [2.24, 2.45) is 5.10 Å². The van der Waals surface area contributed by atoms with Crippen LogP contribution < -0.4 is 25.4 Å². The summed E-state index contributed by atoms with van der Waals surface area (Å²) in [5, 5.41) is 19.3. The zero-order chi connectivity index (χ0) is 29.3. The van der Waals surface area contributed by atoms with E-state index in [0.29, 0.717) is 35.0 Å². The maximum Gasteiger partial charge on any atom is 0.293 e. The van der Waals surface area contributed by atoms with E-state index in [0.717, 1.165) is 0 Å². The summed E-state index contributed by atoms with van der Waals surface area (Å²) >= 11 is 0. The lowest BCUT2D eigenvalue weighted by atomic mass is 10.2. The van der Waals surface area contributed by atoms with E-state index in [4.69, 9.17) is 19.9 Å². The first-order chi connectivity index (χ1) is 20.5. The molecule has 0 aliphatic heterocycles. The number of nitrogens with one attached hydrogen (secondary N) is 1. The largest absolute Gasteiger partial charge is 0.490 e. The number of carbonyl (C=O) groups is 1. The van der Waals surface area contributed by atoms with Crippen molar-refractivity contribution in [2.75, 3.05) is 12.3 Å². The number of anilines is 1. The Balaban J connectivity index is 1.30. The van der Waals surface area contributed by atoms with Crippen LogP contribution in [0.5, 0.6) is 17.2 Å². The Morgan fingerprint density at radius 1 is 1.02 bits per heavy atom. The third kappa shape index (κ3) is 6.50. The van der Waals surface area contributed by atoms with E-state index in [2.05, 4.69) is 35.8 Å². The Hall–Kier alpha value is -5.79. The van der Waals surface area contributed by atoms with Gasteiger partial charge in [0, 0.05) is 5.56 Å². The number of ether oxygens (including phenoxy) is 3. The van der Waals surface area contributed by atoms with Gasteiger partial charge < -0.3 is 19.9 Å². The van der Waals surface area contributed by atoms with Crippen molar-refractivity contribution in [1.82, 2.24) is 30.7 Å². The molecule has 0 saturated carbocycles. The van der Waals surface area contributed by atoms with Crippen LogP contribution in [-0.2, 0) is 13.2 Å². The molecular weight excluding hydrogens is 547 g/mol. The van der Waals surface area contributed by atoms with Gasteiger partial charge in [-0.3, -0.25) is 4.79 Å². The minimum Gasteiger partial charge on any atom is -0.490 e. The van der Waals surface area contributed by atoms with Crippen LogP contribution in [0.1, 0.15) is 34.2 Å². The number of benzene rings is 3. The number of carbonyl (C=O) groups excluding carboxylic acids is 1. The van der Waals surface area contributed by atoms with E-state index < -0.39 is 5.91 Å². The smallest absolute Gasteiger partial charge is 0.293 e. The van der Waals surface area contributed by atoms with Gasteiger partial charge in [-0.05, 0) is 59.2 Å². The summed E-state index contributed by atoms with van der Waals surface area (Å²) in [5.74, 6) is 0.427. The van der Waals surface area contributed by atoms with Gasteiger partial charge in [0.15, 0.2) is 17.2 Å². The highest BCUT2D eigenvalue weighted by atomic mass is 19.1. The second kappa shape index (κ2) is 13.0. The molecule has 0 spiro atoms. The molecule has 0 fully saturated rings. The zero-order valence-electron chi connectivity index (χ0n) is 22.3. The third-order valence-corrected chi connectivity index (χ3v) is 5.78. The first kappa shape index (κ1) is 27.8. The van der Waals surface area contributed by atoms with Gasteiger partial charge in [-0.2, -0.15) is 9.78 Å². The van der Waals surface area contributed by atoms with Crippen molar-refractivity contribution >= 4 is 17.9 Å². The normalized spacial score (nSPS) is 11.0. The van der Waals surface area contributed by atoms with E-state index in [9.17, 15) is 9.18 Å². The molecule has 0 bridgehead atoms. The summed E-state index contributed by atoms with van der Waals surface area (Å²) in [6, 6.07) is 20.4. The van der Waals surface area contributed by atoms with Crippen molar-refractivity contribution in [1.29, 1.82) is 0 Å². The molecule has 5 aromatic rings. The molecule has 1 amide bonds. The fraction of sp³-hybridized carbons (Fsp3) is 0.143. The number of aromatic nitrogens is 5. The van der Waals surface area contributed by atoms with E-state index in [-0.39, 0.29) is 42.1 Å². The number of rotatable bonds is 12. The predicted molar refractivity (Wildman–Crippen MR) is 148 cm³/mol. The maximum absolute atomic E-state index is 14.0. The fourth-order valence-electron chi connectivity index (χ4n) is 3.77. The number of amides is 1. The Morgan fingerprint density at radius 3 is 2.60 bits per heavy atom. The first-order valence-corrected chi connectivity index (χ1v) is 12.7. The summed E-state index contributed by atoms with van der Waals surface area (Å²) in [6.45, 7) is 2.14. The molecule has 3 N–H and O–H groups in total. The topological polar surface area (TPSA) is 165 Å². The number of nitrogen functional groups attached to an aromatic ring is 1. The first-order valence-electron chi connectivity index (χ1n) is 12.7. The van der Waals surface area contributed by atoms with Crippen molar-refractivity contribution in [2.45, 2.75) is 20.1 Å². The molecule has 0 unspecified atom stereocenters. The number of nitrogens with zero attached hydrogens (tertiary/aromatic N) is 6. The number of hydrogen-bond donors (Lipinski definition) is 2. The van der Waals surface area contributed by atoms with Crippen molar-refractivity contribution in [3.05, 3.63) is 101 Å². The number of hydrogen-bond acceptors (Lipinski definition) is 11. The predicted octanol–water partition coefficient (Wildman–Crippen LogP) is 3.69. The molecule has 13 nitrogen and oxygen atoms in total. The molecule has 2 aromatic heterocycles. The number of nitrogens with two attached hydrogens (primary N) is 1. The van der Waals surface area contributed by atoms with Crippen LogP contribution in [0.3, 0.4) is 0 Å². The highest BCUT2D eigenvalue weighted by Crippen LogP contribution is 2.29. The van der Waals surface area contributed by atoms with Gasteiger partial charge in [0.1, 0.15) is 30.5 Å². The quantitative estimate of drug-likeness (QED) is 0.166. The third-order valence-electron chi connectivity index (χ3n) is 5.78. The molecule has 14 heteroatoms. The SMILES string of the molecule is CCOc1cc(/C=N/NC(=O)c2nnn(-c3nonc3N)c2COc2ccccc2)ccc1OCc1ccccc1F. The minimum atomic E-state index is -0.658. The number of hydrazone groups is 1. The molecule has 0 atom stereocenters. The number of para-hydroxylation sites is 1. The van der Waals surface area contributed by atoms with Crippen LogP contribution in [-0.4, -0.2) is 44.0 Å². The van der Waals surface area contributed by atoms with E-state index in [1.54, 1.807) is 48.5 Å². The maximum atomic E-state index is 14.0. The lowest BCUT2D eigenvalue weighted by Crippen LogP contribution is -2.21. The van der Waals surface area contributed by atoms with Crippen molar-refractivity contribution < 1.29 is 28.0 Å². The average Bonchev–Trinajstić information content (AvgIpc) is 3.62. The Kier molecular flexibility index (Phi) is 8.62. The number of halogens is 1. The van der Waals surface area contributed by atoms with E-state index in [1.165, 1.54) is 17.0 Å². The summed E-state index contributed by atoms with van der Waals surface area (Å²) < 4.78 is 37.1. The highest BCUT2D eigenvalue weighted by molar-refractivity contribution is 5.94. The molecule has 2 heterocycles. The van der Waals surface area contributed by atoms with Crippen LogP contribution in [0.4, 0.5) is 10.2 Å². The molecule has 0 aliphatic rings. The standard InChI is InChI=1S/C28H25FN8O5/c1-2-39-24-14-18(12-13-23(24)41-16-19-8-6-7-11-21(19)29)15-31-33-28(38)25-22(17-40-20-9-4-3-5-10-20)37(36-32-25)27-26(30)34-42-35-27/h3-15H,2,16-17H2,1H3,(H2,30,34)(H,33,38)/b31-15+. The monoisotopic (exact) mass is 572 g/mol. The molecule has 0 saturated heterocycles. The Morgan fingerprint density at radius 2 is 1.83 bits per heavy atom. The van der Waals surface area contributed by atoms with E-state index >= 15 is 0 Å². The summed E-state index contributed by atoms with van der Waals surface area (Å²) in [6.07, 6.45) is 1.42. The molecule has 214 valence electrons. The lowest BCUT2D eigenvalue weighted by Gasteiger charge is -2.13. The molecule has 0 radical (unpaired) electrons. The summed E-state index contributed by atoms with van der Waals surface area (Å²) in [4.78, 5) is 13.0. The fourth-order valence-corrected chi connectivity index (χ4v) is 3.77. The Bertz CT molecular complexity index is 1690. The van der Waals surface area contributed by atoms with E-state index in [1.807, 2.05) is 25.1 Å². The van der Waals surface area contributed by atoms with Crippen LogP contribution >= 0.6 is 0 Å². The molecule has 5 rings (SSSR count). The van der Waals surface area contributed by atoms with Gasteiger partial charge in [0.2, 0.25) is 11.6 Å². The van der Waals surface area contributed by atoms with Crippen LogP contribution in [0.2, 0.25) is 0 Å². The van der Waals surface area contributed by atoms with Gasteiger partial charge in [-0.15, -0.1) is 5.10 Å². The van der Waals surface area contributed by atoms with Gasteiger partial charge in [0.05, 0.1) is 12.8 Å². The van der Waals surface area contributed by atoms with Crippen LogP contribution in [0.15, 0.2) is 82.5 Å². The second-order valence-electron chi connectivity index (χ2n) is 8.59. The zero-order valence-corrected chi connectivity index (χ0v) is 22.3. The summed E-state index contributed by atoms with van der Waals surface area (Å²) in [5.41, 5.74) is 9.45. The molecule has 3 aromatic carbocycles. The lowest BCUT2D eigenvalue weighted by molar-refractivity contribution is 0.0947.